The minimum Gasteiger partial charge on any atom is -0.392 e. The summed E-state index contributed by atoms with van der Waals surface area (Å²) in [5.41, 5.74) is -1.65. The lowest BCUT2D eigenvalue weighted by atomic mass is 9.90. The van der Waals surface area contributed by atoms with Gasteiger partial charge >= 0.3 is 0 Å². The maximum atomic E-state index is 9.32. The molecule has 0 aliphatic carbocycles. The Morgan fingerprint density at radius 2 is 2.17 bits per heavy atom. The molecule has 0 spiro atoms. The Morgan fingerprint density at radius 3 is 2.33 bits per heavy atom. The third-order valence-corrected chi connectivity index (χ3v) is 2.10. The van der Waals surface area contributed by atoms with Gasteiger partial charge in [-0.05, 0) is 0 Å². The molecule has 1 aliphatic heterocycles. The minimum absolute atomic E-state index is 0.619. The predicted molar refractivity (Wildman–Crippen MR) is 40.9 cm³/mol. The van der Waals surface area contributed by atoms with Crippen molar-refractivity contribution in [2.45, 2.75) is 23.8 Å². The van der Waals surface area contributed by atoms with Crippen molar-refractivity contribution in [1.82, 2.24) is 0 Å². The van der Waals surface area contributed by atoms with Gasteiger partial charge in [0.15, 0.2) is 0 Å². The zero-order valence-electron chi connectivity index (χ0n) is 6.64. The summed E-state index contributed by atoms with van der Waals surface area (Å²) in [6, 6.07) is 1.02. The average molecular weight is 171 g/mol. The Morgan fingerprint density at radius 1 is 1.58 bits per heavy atom. The van der Waals surface area contributed by atoms with Crippen LogP contribution in [-0.4, -0.2) is 53.6 Å². The number of hydrogen-bond donors (Lipinski definition) is 3. The number of nitrogens with zero attached hydrogens (tertiary/aromatic N) is 1. The van der Waals surface area contributed by atoms with E-state index >= 15 is 0 Å². The van der Waals surface area contributed by atoms with E-state index in [1.165, 1.54) is 7.85 Å². The van der Waals surface area contributed by atoms with E-state index in [4.69, 9.17) is 15.1 Å². The van der Waals surface area contributed by atoms with Crippen molar-refractivity contribution >= 4 is 7.85 Å². The van der Waals surface area contributed by atoms with Crippen LogP contribution in [0.4, 0.5) is 0 Å². The van der Waals surface area contributed by atoms with Crippen molar-refractivity contribution in [1.29, 1.82) is 5.26 Å². The second-order valence-electron chi connectivity index (χ2n) is 2.92. The fourth-order valence-electron chi connectivity index (χ4n) is 1.26. The summed E-state index contributed by atoms with van der Waals surface area (Å²) in [4.78, 5) is 0. The smallest absolute Gasteiger partial charge is 0.204 e. The van der Waals surface area contributed by atoms with E-state index in [1.807, 2.05) is 0 Å². The number of aliphatic hydroxyl groups excluding tert-OH is 3. The summed E-state index contributed by atoms with van der Waals surface area (Å²) in [5.74, 6) is 0. The number of rotatable bonds is 1. The third kappa shape index (κ3) is 1.11. The summed E-state index contributed by atoms with van der Waals surface area (Å²) >= 11 is 0. The molecule has 1 saturated heterocycles. The largest absolute Gasteiger partial charge is 0.392 e. The highest BCUT2D eigenvalue weighted by Gasteiger charge is 2.52. The van der Waals surface area contributed by atoms with E-state index in [0.29, 0.717) is 0 Å². The van der Waals surface area contributed by atoms with Crippen molar-refractivity contribution in [3.8, 4) is 6.07 Å². The lowest BCUT2D eigenvalue weighted by Gasteiger charge is -2.21. The Kier molecular flexibility index (Phi) is 2.40. The number of nitriles is 1. The van der Waals surface area contributed by atoms with Crippen LogP contribution in [0, 0.1) is 11.3 Å². The van der Waals surface area contributed by atoms with Crippen LogP contribution < -0.4 is 0 Å². The van der Waals surface area contributed by atoms with Gasteiger partial charge in [-0.3, -0.25) is 0 Å². The highest BCUT2D eigenvalue weighted by atomic mass is 16.6. The highest BCUT2D eigenvalue weighted by molar-refractivity contribution is 6.11. The molecule has 1 heterocycles. The van der Waals surface area contributed by atoms with Crippen LogP contribution in [0.15, 0.2) is 0 Å². The van der Waals surface area contributed by atoms with Gasteiger partial charge < -0.3 is 20.1 Å². The summed E-state index contributed by atoms with van der Waals surface area (Å²) in [7, 11) is 1.53. The molecule has 1 unspecified atom stereocenters. The molecule has 0 saturated carbocycles. The van der Waals surface area contributed by atoms with Gasteiger partial charge in [-0.25, -0.2) is 0 Å². The van der Waals surface area contributed by atoms with E-state index in [1.54, 1.807) is 6.07 Å². The molecule has 3 N–H and O–H groups in total. The first-order valence-corrected chi connectivity index (χ1v) is 3.63. The first-order valence-electron chi connectivity index (χ1n) is 3.63. The van der Waals surface area contributed by atoms with Gasteiger partial charge in [-0.1, -0.05) is 0 Å². The standard InChI is InChI=1S/C6H10BNO4/c7-5-3(10)4(11)6(1-8,2-9)12-5/h3-5,9-11H,2,7H2/t3-,4?,5+,6+/m0/s1. The monoisotopic (exact) mass is 171 g/mol. The Balaban J connectivity index is 2.89. The van der Waals surface area contributed by atoms with E-state index in [-0.39, 0.29) is 0 Å². The second kappa shape index (κ2) is 3.03. The van der Waals surface area contributed by atoms with Crippen LogP contribution in [0.3, 0.4) is 0 Å². The van der Waals surface area contributed by atoms with E-state index in [9.17, 15) is 10.2 Å². The molecule has 12 heavy (non-hydrogen) atoms. The van der Waals surface area contributed by atoms with Crippen molar-refractivity contribution in [2.75, 3.05) is 6.61 Å². The van der Waals surface area contributed by atoms with Gasteiger partial charge in [0.2, 0.25) is 5.60 Å². The summed E-state index contributed by atoms with van der Waals surface area (Å²) in [6.07, 6.45) is -2.46. The molecule has 0 radical (unpaired) electrons. The first kappa shape index (κ1) is 9.48. The SMILES string of the molecule is B[C@@H]1O[C@](C#N)(CO)C(O)[C@@H]1O. The summed E-state index contributed by atoms with van der Waals surface area (Å²) in [6.45, 7) is -0.619. The summed E-state index contributed by atoms with van der Waals surface area (Å²) in [5, 5.41) is 36.0. The molecule has 0 amide bonds. The number of ether oxygens (including phenoxy) is 1. The molecule has 4 atom stereocenters. The quantitative estimate of drug-likeness (QED) is 0.364. The maximum Gasteiger partial charge on any atom is 0.204 e. The number of aliphatic hydroxyl groups is 3. The van der Waals surface area contributed by atoms with Crippen LogP contribution in [0.5, 0.6) is 0 Å². The van der Waals surface area contributed by atoms with E-state index < -0.39 is 30.4 Å². The molecule has 0 aromatic rings. The molecule has 6 heteroatoms. The topological polar surface area (TPSA) is 93.7 Å². The Labute approximate surface area is 70.6 Å². The van der Waals surface area contributed by atoms with Gasteiger partial charge in [0.25, 0.3) is 0 Å². The molecule has 0 aromatic carbocycles. The second-order valence-corrected chi connectivity index (χ2v) is 2.92. The molecule has 1 rings (SSSR count). The lowest BCUT2D eigenvalue weighted by Crippen LogP contribution is -2.45. The Hall–Kier alpha value is -0.605. The fraction of sp³-hybridized carbons (Fsp3) is 0.833. The van der Waals surface area contributed by atoms with Gasteiger partial charge in [-0.15, -0.1) is 0 Å². The normalized spacial score (nSPS) is 47.3. The molecule has 1 aliphatic rings. The van der Waals surface area contributed by atoms with Crippen LogP contribution in [0.25, 0.3) is 0 Å². The van der Waals surface area contributed by atoms with Crippen molar-refractivity contribution in [2.24, 2.45) is 0 Å². The van der Waals surface area contributed by atoms with Crippen molar-refractivity contribution in [3.63, 3.8) is 0 Å². The van der Waals surface area contributed by atoms with Gasteiger partial charge in [0, 0.05) is 0 Å². The predicted octanol–water partition coefficient (Wildman–Crippen LogP) is -3.05. The first-order chi connectivity index (χ1) is 5.57. The number of hydrogen-bond acceptors (Lipinski definition) is 5. The molecule has 0 bridgehead atoms. The van der Waals surface area contributed by atoms with Crippen LogP contribution in [0.2, 0.25) is 0 Å². The van der Waals surface area contributed by atoms with Gasteiger partial charge in [0.05, 0.1) is 12.6 Å². The van der Waals surface area contributed by atoms with Gasteiger partial charge in [-0.2, -0.15) is 5.26 Å². The molecule has 5 nitrogen and oxygen atoms in total. The average Bonchev–Trinajstić information content (AvgIpc) is 2.30. The van der Waals surface area contributed by atoms with E-state index in [0.717, 1.165) is 0 Å². The highest BCUT2D eigenvalue weighted by Crippen LogP contribution is 2.28. The van der Waals surface area contributed by atoms with Crippen LogP contribution >= 0.6 is 0 Å². The molecule has 1 fully saturated rings. The van der Waals surface area contributed by atoms with Crippen LogP contribution in [-0.2, 0) is 4.74 Å². The molecular formula is C6H10BNO4. The zero-order chi connectivity index (χ0) is 9.35. The van der Waals surface area contributed by atoms with Crippen molar-refractivity contribution < 1.29 is 20.1 Å². The van der Waals surface area contributed by atoms with Gasteiger partial charge in [0.1, 0.15) is 26.1 Å². The zero-order valence-corrected chi connectivity index (χ0v) is 6.64. The Bertz CT molecular complexity index is 218. The van der Waals surface area contributed by atoms with E-state index in [2.05, 4.69) is 0 Å². The molecule has 66 valence electrons. The van der Waals surface area contributed by atoms with Crippen LogP contribution in [0.1, 0.15) is 0 Å². The fourth-order valence-corrected chi connectivity index (χ4v) is 1.26. The maximum absolute atomic E-state index is 9.32. The van der Waals surface area contributed by atoms with Crippen molar-refractivity contribution in [3.05, 3.63) is 0 Å². The molecular weight excluding hydrogens is 161 g/mol. The summed E-state index contributed by atoms with van der Waals surface area (Å²) < 4.78 is 4.96. The molecule has 0 aromatic heterocycles. The third-order valence-electron chi connectivity index (χ3n) is 2.10. The minimum atomic E-state index is -1.65. The lowest BCUT2D eigenvalue weighted by molar-refractivity contribution is -0.0600.